The Bertz CT molecular complexity index is 1920. The van der Waals surface area contributed by atoms with Crippen LogP contribution in [0, 0.1) is 11.7 Å². The van der Waals surface area contributed by atoms with Crippen molar-refractivity contribution in [2.45, 2.75) is 102 Å². The summed E-state index contributed by atoms with van der Waals surface area (Å²) in [7, 11) is 1.88. The lowest BCUT2D eigenvalue weighted by atomic mass is 9.91. The first-order valence-corrected chi connectivity index (χ1v) is 20.1. The fourth-order valence-electron chi connectivity index (χ4n) is 7.50. The largest absolute Gasteiger partial charge is 0.351 e. The minimum atomic E-state index is -0.669. The van der Waals surface area contributed by atoms with Gasteiger partial charge in [-0.1, -0.05) is 0 Å². The van der Waals surface area contributed by atoms with Gasteiger partial charge in [0.1, 0.15) is 11.7 Å². The van der Waals surface area contributed by atoms with E-state index < -0.39 is 17.8 Å². The van der Waals surface area contributed by atoms with Gasteiger partial charge in [-0.05, 0) is 82.2 Å². The monoisotopic (exact) mass is 777 g/mol. The van der Waals surface area contributed by atoms with Crippen LogP contribution in [0.15, 0.2) is 17.8 Å². The van der Waals surface area contributed by atoms with Crippen LogP contribution in [0.5, 0.6) is 0 Å². The molecule has 2 saturated carbocycles. The van der Waals surface area contributed by atoms with Crippen LogP contribution in [-0.2, 0) is 40.9 Å². The second kappa shape index (κ2) is 17.2. The van der Waals surface area contributed by atoms with Crippen LogP contribution >= 0.6 is 11.3 Å². The molecule has 1 saturated heterocycles. The highest BCUT2D eigenvalue weighted by Crippen LogP contribution is 2.36. The maximum Gasteiger partial charge on any atom is 0.315 e. The molecule has 6 amide bonds. The number of hydrogen-bond donors (Lipinski definition) is 6. The third-order valence-electron chi connectivity index (χ3n) is 10.8. The van der Waals surface area contributed by atoms with E-state index in [1.165, 1.54) is 35.3 Å². The average Bonchev–Trinajstić information content (AvgIpc) is 3.67. The molecular formula is C37H48FN11O5S. The Morgan fingerprint density at radius 3 is 2.55 bits per heavy atom. The van der Waals surface area contributed by atoms with Gasteiger partial charge in [0.05, 0.1) is 31.0 Å². The molecule has 3 aromatic rings. The van der Waals surface area contributed by atoms with Gasteiger partial charge in [-0.3, -0.25) is 29.2 Å². The van der Waals surface area contributed by atoms with Crippen molar-refractivity contribution >= 4 is 46.9 Å². The summed E-state index contributed by atoms with van der Waals surface area (Å²) in [5.41, 5.74) is 3.35. The Kier molecular flexibility index (Phi) is 12.0. The summed E-state index contributed by atoms with van der Waals surface area (Å²) in [6, 6.07) is -0.689. The predicted molar refractivity (Wildman–Crippen MR) is 201 cm³/mol. The molecule has 3 fully saturated rings. The topological polar surface area (TPSA) is 204 Å². The quantitative estimate of drug-likeness (QED) is 0.0927. The van der Waals surface area contributed by atoms with Crippen molar-refractivity contribution in [2.75, 3.05) is 25.0 Å². The van der Waals surface area contributed by atoms with E-state index in [2.05, 4.69) is 47.0 Å². The fourth-order valence-corrected chi connectivity index (χ4v) is 8.47. The number of imide groups is 1. The van der Waals surface area contributed by atoms with E-state index in [1.54, 1.807) is 11.6 Å². The van der Waals surface area contributed by atoms with Crippen molar-refractivity contribution in [3.05, 3.63) is 45.3 Å². The van der Waals surface area contributed by atoms with Gasteiger partial charge in [0, 0.05) is 60.2 Å². The first-order chi connectivity index (χ1) is 26.6. The molecule has 55 heavy (non-hydrogen) atoms. The summed E-state index contributed by atoms with van der Waals surface area (Å²) in [5, 5.41) is 23.8. The molecule has 0 bridgehead atoms. The molecular weight excluding hydrogens is 730 g/mol. The highest BCUT2D eigenvalue weighted by molar-refractivity contribution is 7.10. The Balaban J connectivity index is 0.738. The molecule has 0 aromatic carbocycles. The number of urea groups is 1. The number of nitrogens with one attached hydrogen (secondary N) is 6. The third kappa shape index (κ3) is 9.47. The molecule has 2 aliphatic carbocycles. The van der Waals surface area contributed by atoms with Crippen molar-refractivity contribution in [2.24, 2.45) is 13.0 Å². The number of nitrogens with zero attached hydrogens (tertiary/aromatic N) is 5. The minimum Gasteiger partial charge on any atom is -0.351 e. The number of fused-ring (bicyclic) bond motifs is 1. The van der Waals surface area contributed by atoms with Gasteiger partial charge in [0.25, 0.3) is 5.91 Å². The van der Waals surface area contributed by atoms with E-state index in [0.29, 0.717) is 42.5 Å². The zero-order valence-corrected chi connectivity index (χ0v) is 31.7. The standard InChI is InChI=1S/C37H48FN11O5S/c1-48-29(14-21-4-5-21)24(15-43-48)33-27(38)16-42-36(47-33)44-22-6-8-23(9-7-22)45-37(54)40-13-3-2-12-39-18-32(51)41-17-30-25-19-49(35(53)26(25)20-55-30)28-10-11-31(50)46-34(28)52/h15-16,20-23,28,39H,2-14,17-19H2,1H3,(H,41,51)(H2,40,45,54)(H,42,44,47)(H,46,50,52)/t22-,23-,28?. The summed E-state index contributed by atoms with van der Waals surface area (Å²) in [4.78, 5) is 72.8. The van der Waals surface area contributed by atoms with Gasteiger partial charge >= 0.3 is 6.03 Å². The molecule has 2 aliphatic heterocycles. The molecule has 1 unspecified atom stereocenters. The zero-order chi connectivity index (χ0) is 38.5. The number of piperidine rings is 1. The molecule has 5 heterocycles. The Morgan fingerprint density at radius 1 is 0.982 bits per heavy atom. The normalized spacial score (nSPS) is 20.9. The van der Waals surface area contributed by atoms with Crippen molar-refractivity contribution < 1.29 is 28.4 Å². The van der Waals surface area contributed by atoms with Crippen molar-refractivity contribution in [3.63, 3.8) is 0 Å². The van der Waals surface area contributed by atoms with Crippen LogP contribution in [0.2, 0.25) is 0 Å². The lowest BCUT2D eigenvalue weighted by Crippen LogP contribution is -2.52. The number of halogens is 1. The highest BCUT2D eigenvalue weighted by Gasteiger charge is 2.40. The molecule has 16 nitrogen and oxygen atoms in total. The number of amides is 6. The summed E-state index contributed by atoms with van der Waals surface area (Å²) >= 11 is 1.40. The number of hydrogen-bond acceptors (Lipinski definition) is 11. The Hall–Kier alpha value is -4.97. The minimum absolute atomic E-state index is 0.0586. The molecule has 0 radical (unpaired) electrons. The summed E-state index contributed by atoms with van der Waals surface area (Å²) in [6.07, 6.45) is 11.4. The van der Waals surface area contributed by atoms with Gasteiger partial charge < -0.3 is 31.5 Å². The highest BCUT2D eigenvalue weighted by atomic mass is 32.1. The van der Waals surface area contributed by atoms with Crippen molar-refractivity contribution in [1.29, 1.82) is 0 Å². The summed E-state index contributed by atoms with van der Waals surface area (Å²) in [5.74, 6) is -0.617. The van der Waals surface area contributed by atoms with Crippen molar-refractivity contribution in [3.8, 4) is 11.3 Å². The SMILES string of the molecule is Cn1ncc(-c2nc(N[C@H]3CC[C@H](NC(=O)NCCCCNCC(=O)NCc4scc5c4CN(C4CCC(=O)NC4=O)C5=O)CC3)ncc2F)c1CC1CC1. The van der Waals surface area contributed by atoms with E-state index >= 15 is 0 Å². The molecule has 294 valence electrons. The Morgan fingerprint density at radius 2 is 1.76 bits per heavy atom. The number of anilines is 1. The van der Waals surface area contributed by atoms with Gasteiger partial charge in [-0.2, -0.15) is 5.10 Å². The number of unbranched alkanes of at least 4 members (excludes halogenated alkanes) is 1. The number of carbonyl (C=O) groups excluding carboxylic acids is 5. The zero-order valence-electron chi connectivity index (χ0n) is 30.9. The third-order valence-corrected chi connectivity index (χ3v) is 11.8. The number of aryl methyl sites for hydroxylation is 1. The molecule has 18 heteroatoms. The molecule has 1 atom stereocenters. The number of thiophene rings is 1. The number of carbonyl (C=O) groups is 5. The Labute approximate surface area is 322 Å². The smallest absolute Gasteiger partial charge is 0.315 e. The average molecular weight is 778 g/mol. The van der Waals surface area contributed by atoms with Crippen LogP contribution in [0.4, 0.5) is 15.1 Å². The van der Waals surface area contributed by atoms with Crippen LogP contribution in [-0.4, -0.2) is 92.1 Å². The van der Waals surface area contributed by atoms with Gasteiger partial charge in [-0.15, -0.1) is 11.3 Å². The number of rotatable bonds is 16. The van der Waals surface area contributed by atoms with Crippen LogP contribution in [0.3, 0.4) is 0 Å². The van der Waals surface area contributed by atoms with Gasteiger partial charge in [0.2, 0.25) is 23.7 Å². The maximum absolute atomic E-state index is 14.8. The fraction of sp³-hybridized carbons (Fsp3) is 0.568. The first kappa shape index (κ1) is 38.3. The molecule has 0 spiro atoms. The van der Waals surface area contributed by atoms with Crippen molar-refractivity contribution in [1.82, 2.24) is 51.2 Å². The first-order valence-electron chi connectivity index (χ1n) is 19.2. The van der Waals surface area contributed by atoms with Crippen LogP contribution in [0.25, 0.3) is 11.3 Å². The van der Waals surface area contributed by atoms with E-state index in [4.69, 9.17) is 0 Å². The van der Waals surface area contributed by atoms with Crippen LogP contribution < -0.4 is 31.9 Å². The predicted octanol–water partition coefficient (Wildman–Crippen LogP) is 2.50. The van der Waals surface area contributed by atoms with Gasteiger partial charge in [-0.25, -0.2) is 19.2 Å². The summed E-state index contributed by atoms with van der Waals surface area (Å²) < 4.78 is 16.6. The van der Waals surface area contributed by atoms with E-state index in [9.17, 15) is 28.4 Å². The molecule has 3 aromatic heterocycles. The number of aromatic nitrogens is 4. The van der Waals surface area contributed by atoms with Gasteiger partial charge in [0.15, 0.2) is 5.82 Å². The second-order valence-electron chi connectivity index (χ2n) is 14.9. The molecule has 7 rings (SSSR count). The summed E-state index contributed by atoms with van der Waals surface area (Å²) in [6.45, 7) is 1.83. The second-order valence-corrected chi connectivity index (χ2v) is 15.8. The molecule has 6 N–H and O–H groups in total. The van der Waals surface area contributed by atoms with Crippen LogP contribution in [0.1, 0.15) is 90.7 Å². The van der Waals surface area contributed by atoms with E-state index in [1.807, 2.05) is 11.7 Å². The van der Waals surface area contributed by atoms with E-state index in [0.717, 1.165) is 61.1 Å². The van der Waals surface area contributed by atoms with E-state index in [-0.39, 0.29) is 67.6 Å². The lowest BCUT2D eigenvalue weighted by Gasteiger charge is -2.29. The lowest BCUT2D eigenvalue weighted by molar-refractivity contribution is -0.137. The maximum atomic E-state index is 14.8. The molecule has 4 aliphatic rings.